The van der Waals surface area contributed by atoms with Gasteiger partial charge in [0, 0.05) is 17.6 Å². The van der Waals surface area contributed by atoms with Crippen molar-refractivity contribution < 1.29 is 8.42 Å². The Labute approximate surface area is 134 Å². The monoisotopic (exact) mass is 367 g/mol. The van der Waals surface area contributed by atoms with Crippen LogP contribution in [-0.4, -0.2) is 19.8 Å². The highest BCUT2D eigenvalue weighted by Gasteiger charge is 2.27. The maximum absolute atomic E-state index is 12.8. The molecule has 0 heterocycles. The minimum absolute atomic E-state index is 0.227. The summed E-state index contributed by atoms with van der Waals surface area (Å²) in [6.07, 6.45) is 0. The lowest BCUT2D eigenvalue weighted by atomic mass is 10.1. The van der Waals surface area contributed by atoms with Crippen LogP contribution in [0.2, 0.25) is 0 Å². The first kappa shape index (κ1) is 16.2. The van der Waals surface area contributed by atoms with E-state index in [-0.39, 0.29) is 6.04 Å². The Bertz CT molecular complexity index is 729. The van der Waals surface area contributed by atoms with Crippen LogP contribution in [0.15, 0.2) is 57.9 Å². The van der Waals surface area contributed by atoms with Crippen LogP contribution in [0.4, 0.5) is 0 Å². The molecule has 112 valence electrons. The summed E-state index contributed by atoms with van der Waals surface area (Å²) in [6, 6.07) is 14.7. The summed E-state index contributed by atoms with van der Waals surface area (Å²) in [5, 5.41) is 0. The molecule has 0 saturated carbocycles. The third-order valence-corrected chi connectivity index (χ3v) is 6.20. The van der Waals surface area contributed by atoms with Gasteiger partial charge in [-0.05, 0) is 37.1 Å². The number of hydrogen-bond acceptors (Lipinski definition) is 2. The molecular weight excluding hydrogens is 350 g/mol. The Balaban J connectivity index is 2.41. The van der Waals surface area contributed by atoms with Crippen molar-refractivity contribution in [3.05, 3.63) is 64.1 Å². The molecule has 0 bridgehead atoms. The molecular formula is C16H18BrNO2S. The largest absolute Gasteiger partial charge is 0.243 e. The van der Waals surface area contributed by atoms with E-state index in [1.165, 1.54) is 4.31 Å². The summed E-state index contributed by atoms with van der Waals surface area (Å²) in [5.41, 5.74) is 1.71. The third kappa shape index (κ3) is 3.36. The Morgan fingerprint density at radius 1 is 1.10 bits per heavy atom. The van der Waals surface area contributed by atoms with Crippen molar-refractivity contribution in [2.45, 2.75) is 24.8 Å². The number of halogens is 1. The van der Waals surface area contributed by atoms with E-state index in [0.717, 1.165) is 15.6 Å². The first-order valence-electron chi connectivity index (χ1n) is 6.63. The van der Waals surface area contributed by atoms with Crippen LogP contribution in [0, 0.1) is 6.92 Å². The van der Waals surface area contributed by atoms with Crippen molar-refractivity contribution in [3.8, 4) is 0 Å². The summed E-state index contributed by atoms with van der Waals surface area (Å²) in [6.45, 7) is 3.69. The Morgan fingerprint density at radius 2 is 1.71 bits per heavy atom. The molecule has 0 fully saturated rings. The van der Waals surface area contributed by atoms with E-state index in [2.05, 4.69) is 15.9 Å². The second-order valence-electron chi connectivity index (χ2n) is 5.02. The minimum atomic E-state index is -3.54. The topological polar surface area (TPSA) is 37.4 Å². The van der Waals surface area contributed by atoms with Crippen LogP contribution >= 0.6 is 15.9 Å². The van der Waals surface area contributed by atoms with Gasteiger partial charge in [-0.3, -0.25) is 0 Å². The predicted octanol–water partition coefficient (Wildman–Crippen LogP) is 4.14. The van der Waals surface area contributed by atoms with Gasteiger partial charge in [0.1, 0.15) is 0 Å². The molecule has 0 saturated heterocycles. The molecule has 0 N–H and O–H groups in total. The highest BCUT2D eigenvalue weighted by Crippen LogP contribution is 2.28. The molecule has 5 heteroatoms. The highest BCUT2D eigenvalue weighted by molar-refractivity contribution is 9.10. The molecule has 2 aromatic carbocycles. The van der Waals surface area contributed by atoms with Gasteiger partial charge in [-0.15, -0.1) is 0 Å². The highest BCUT2D eigenvalue weighted by atomic mass is 79.9. The van der Waals surface area contributed by atoms with Gasteiger partial charge < -0.3 is 0 Å². The van der Waals surface area contributed by atoms with Crippen molar-refractivity contribution in [3.63, 3.8) is 0 Å². The summed E-state index contributed by atoms with van der Waals surface area (Å²) in [4.78, 5) is 0.335. The van der Waals surface area contributed by atoms with E-state index in [4.69, 9.17) is 0 Å². The molecule has 0 radical (unpaired) electrons. The van der Waals surface area contributed by atoms with Crippen LogP contribution < -0.4 is 0 Å². The Morgan fingerprint density at radius 3 is 2.33 bits per heavy atom. The number of aryl methyl sites for hydroxylation is 1. The van der Waals surface area contributed by atoms with Crippen molar-refractivity contribution in [2.24, 2.45) is 0 Å². The first-order valence-corrected chi connectivity index (χ1v) is 8.86. The number of benzene rings is 2. The van der Waals surface area contributed by atoms with Gasteiger partial charge in [-0.2, -0.15) is 4.31 Å². The normalized spacial score (nSPS) is 13.4. The van der Waals surface area contributed by atoms with Crippen LogP contribution in [0.1, 0.15) is 24.1 Å². The van der Waals surface area contributed by atoms with Gasteiger partial charge in [0.25, 0.3) is 0 Å². The molecule has 0 unspecified atom stereocenters. The molecule has 3 nitrogen and oxygen atoms in total. The molecule has 0 spiro atoms. The van der Waals surface area contributed by atoms with E-state index in [1.54, 1.807) is 26.1 Å². The average molecular weight is 368 g/mol. The van der Waals surface area contributed by atoms with Crippen LogP contribution in [0.25, 0.3) is 0 Å². The number of hydrogen-bond donors (Lipinski definition) is 0. The Hall–Kier alpha value is -1.17. The van der Waals surface area contributed by atoms with E-state index in [0.29, 0.717) is 4.90 Å². The van der Waals surface area contributed by atoms with Crippen molar-refractivity contribution in [1.82, 2.24) is 4.31 Å². The van der Waals surface area contributed by atoms with Crippen molar-refractivity contribution >= 4 is 26.0 Å². The summed E-state index contributed by atoms with van der Waals surface area (Å²) >= 11 is 3.34. The molecule has 21 heavy (non-hydrogen) atoms. The molecule has 0 amide bonds. The number of rotatable bonds is 4. The Kier molecular flexibility index (Phi) is 4.86. The third-order valence-electron chi connectivity index (χ3n) is 3.63. The zero-order valence-corrected chi connectivity index (χ0v) is 14.6. The van der Waals surface area contributed by atoms with E-state index in [1.807, 2.05) is 43.3 Å². The standard InChI is InChI=1S/C16H18BrNO2S/c1-12-9-10-15(17)11-16(12)21(19,20)18(3)13(2)14-7-5-4-6-8-14/h4-11,13H,1-3H3/t13-/m0/s1. The maximum atomic E-state index is 12.8. The number of nitrogens with zero attached hydrogens (tertiary/aromatic N) is 1. The average Bonchev–Trinajstić information content (AvgIpc) is 2.49. The molecule has 2 aromatic rings. The number of sulfonamides is 1. The van der Waals surface area contributed by atoms with Gasteiger partial charge in [0.05, 0.1) is 4.90 Å². The fraction of sp³-hybridized carbons (Fsp3) is 0.250. The molecule has 0 aliphatic heterocycles. The summed E-state index contributed by atoms with van der Waals surface area (Å²) < 4.78 is 27.8. The van der Waals surface area contributed by atoms with Crippen LogP contribution in [0.5, 0.6) is 0 Å². The predicted molar refractivity (Wildman–Crippen MR) is 88.7 cm³/mol. The first-order chi connectivity index (χ1) is 9.84. The van der Waals surface area contributed by atoms with Crippen LogP contribution in [0.3, 0.4) is 0 Å². The fourth-order valence-corrected chi connectivity index (χ4v) is 4.27. The van der Waals surface area contributed by atoms with Crippen molar-refractivity contribution in [2.75, 3.05) is 7.05 Å². The van der Waals surface area contributed by atoms with E-state index in [9.17, 15) is 8.42 Å². The SMILES string of the molecule is Cc1ccc(Br)cc1S(=O)(=O)N(C)[C@@H](C)c1ccccc1. The second kappa shape index (κ2) is 6.30. The lowest BCUT2D eigenvalue weighted by Crippen LogP contribution is -2.30. The summed E-state index contributed by atoms with van der Waals surface area (Å²) in [7, 11) is -1.92. The molecule has 1 atom stereocenters. The van der Waals surface area contributed by atoms with Gasteiger partial charge in [-0.1, -0.05) is 52.3 Å². The maximum Gasteiger partial charge on any atom is 0.243 e. The quantitative estimate of drug-likeness (QED) is 0.814. The van der Waals surface area contributed by atoms with Crippen LogP contribution in [-0.2, 0) is 10.0 Å². The minimum Gasteiger partial charge on any atom is -0.207 e. The van der Waals surface area contributed by atoms with Gasteiger partial charge in [-0.25, -0.2) is 8.42 Å². The van der Waals surface area contributed by atoms with Gasteiger partial charge in [0.2, 0.25) is 10.0 Å². The van der Waals surface area contributed by atoms with Crippen molar-refractivity contribution in [1.29, 1.82) is 0 Å². The lowest BCUT2D eigenvalue weighted by molar-refractivity contribution is 0.398. The zero-order chi connectivity index (χ0) is 15.6. The smallest absolute Gasteiger partial charge is 0.207 e. The molecule has 0 aromatic heterocycles. The molecule has 0 aliphatic carbocycles. The van der Waals surface area contributed by atoms with E-state index >= 15 is 0 Å². The molecule has 2 rings (SSSR count). The zero-order valence-electron chi connectivity index (χ0n) is 12.2. The van der Waals surface area contributed by atoms with Gasteiger partial charge in [0.15, 0.2) is 0 Å². The van der Waals surface area contributed by atoms with Gasteiger partial charge >= 0.3 is 0 Å². The fourth-order valence-electron chi connectivity index (χ4n) is 2.16. The lowest BCUT2D eigenvalue weighted by Gasteiger charge is -2.25. The second-order valence-corrected chi connectivity index (χ2v) is 7.90. The van der Waals surface area contributed by atoms with E-state index < -0.39 is 10.0 Å². The summed E-state index contributed by atoms with van der Waals surface area (Å²) in [5.74, 6) is 0. The molecule has 0 aliphatic rings.